The number of nitrogens with one attached hydrogen (secondary N) is 2. The minimum atomic E-state index is 0.0343. The fraction of sp³-hybridized carbons (Fsp3) is 0.500. The van der Waals surface area contributed by atoms with Crippen LogP contribution in [0.15, 0.2) is 24.4 Å². The predicted octanol–water partition coefficient (Wildman–Crippen LogP) is 3.41. The van der Waals surface area contributed by atoms with Crippen LogP contribution in [0.1, 0.15) is 55.3 Å². The first-order chi connectivity index (χ1) is 9.83. The van der Waals surface area contributed by atoms with Crippen molar-refractivity contribution < 1.29 is 4.79 Å². The summed E-state index contributed by atoms with van der Waals surface area (Å²) in [6.45, 7) is 0. The molecule has 4 heteroatoms. The third kappa shape index (κ3) is 3.00. The summed E-state index contributed by atoms with van der Waals surface area (Å²) in [7, 11) is 0. The van der Waals surface area contributed by atoms with Crippen molar-refractivity contribution in [3.05, 3.63) is 30.0 Å². The normalized spacial score (nSPS) is 17.6. The Labute approximate surface area is 119 Å². The number of aromatic nitrogens is 2. The lowest BCUT2D eigenvalue weighted by Gasteiger charge is -2.21. The molecule has 0 unspecified atom stereocenters. The van der Waals surface area contributed by atoms with Gasteiger partial charge in [0.25, 0.3) is 5.91 Å². The van der Waals surface area contributed by atoms with Crippen molar-refractivity contribution >= 4 is 16.8 Å². The molecule has 1 aromatic carbocycles. The van der Waals surface area contributed by atoms with Gasteiger partial charge in [-0.3, -0.25) is 9.89 Å². The Morgan fingerprint density at radius 1 is 1.15 bits per heavy atom. The summed E-state index contributed by atoms with van der Waals surface area (Å²) in [4.78, 5) is 12.3. The van der Waals surface area contributed by atoms with Crippen LogP contribution in [0.3, 0.4) is 0 Å². The summed E-state index contributed by atoms with van der Waals surface area (Å²) in [5, 5.41) is 11.1. The summed E-state index contributed by atoms with van der Waals surface area (Å²) in [6, 6.07) is 6.02. The van der Waals surface area contributed by atoms with Gasteiger partial charge >= 0.3 is 0 Å². The van der Waals surface area contributed by atoms with Crippen molar-refractivity contribution in [3.63, 3.8) is 0 Å². The van der Waals surface area contributed by atoms with Crippen LogP contribution in [0, 0.1) is 0 Å². The van der Waals surface area contributed by atoms with E-state index < -0.39 is 0 Å². The van der Waals surface area contributed by atoms with E-state index in [-0.39, 0.29) is 5.91 Å². The minimum Gasteiger partial charge on any atom is -0.349 e. The zero-order chi connectivity index (χ0) is 13.8. The quantitative estimate of drug-likeness (QED) is 0.879. The van der Waals surface area contributed by atoms with Crippen LogP contribution in [0.4, 0.5) is 0 Å². The van der Waals surface area contributed by atoms with Crippen molar-refractivity contribution in [2.75, 3.05) is 0 Å². The van der Waals surface area contributed by atoms with Gasteiger partial charge in [-0.05, 0) is 25.0 Å². The first kappa shape index (κ1) is 13.2. The lowest BCUT2D eigenvalue weighted by Crippen LogP contribution is -2.35. The lowest BCUT2D eigenvalue weighted by atomic mass is 9.96. The second-order valence-corrected chi connectivity index (χ2v) is 5.69. The Kier molecular flexibility index (Phi) is 4.00. The minimum absolute atomic E-state index is 0.0343. The monoisotopic (exact) mass is 271 g/mol. The number of carbonyl (C=O) groups excluding carboxylic acids is 1. The van der Waals surface area contributed by atoms with E-state index in [4.69, 9.17) is 0 Å². The third-order valence-electron chi connectivity index (χ3n) is 4.14. The molecule has 2 aromatic rings. The van der Waals surface area contributed by atoms with Crippen LogP contribution in [0.2, 0.25) is 0 Å². The number of aromatic amines is 1. The number of hydrogen-bond acceptors (Lipinski definition) is 2. The Balaban J connectivity index is 1.67. The van der Waals surface area contributed by atoms with Crippen molar-refractivity contribution in [2.45, 2.75) is 51.0 Å². The van der Waals surface area contributed by atoms with E-state index in [2.05, 4.69) is 15.5 Å². The molecule has 0 radical (unpaired) electrons. The molecule has 4 nitrogen and oxygen atoms in total. The SMILES string of the molecule is O=C(NC1CCCCCCC1)c1ccc2cn[nH]c2c1. The molecule has 1 aliphatic rings. The molecule has 2 N–H and O–H groups in total. The van der Waals surface area contributed by atoms with Gasteiger partial charge in [-0.25, -0.2) is 0 Å². The predicted molar refractivity (Wildman–Crippen MR) is 79.7 cm³/mol. The molecule has 1 aliphatic carbocycles. The largest absolute Gasteiger partial charge is 0.349 e. The highest BCUT2D eigenvalue weighted by Crippen LogP contribution is 2.18. The molecule has 1 aromatic heterocycles. The van der Waals surface area contributed by atoms with Crippen LogP contribution < -0.4 is 5.32 Å². The molecule has 0 aliphatic heterocycles. The summed E-state index contributed by atoms with van der Waals surface area (Å²) >= 11 is 0. The smallest absolute Gasteiger partial charge is 0.251 e. The molecule has 20 heavy (non-hydrogen) atoms. The maximum atomic E-state index is 12.3. The number of fused-ring (bicyclic) bond motifs is 1. The summed E-state index contributed by atoms with van der Waals surface area (Å²) in [5.41, 5.74) is 1.62. The molecular weight excluding hydrogens is 250 g/mol. The fourth-order valence-electron chi connectivity index (χ4n) is 2.95. The molecule has 0 atom stereocenters. The number of amides is 1. The topological polar surface area (TPSA) is 57.8 Å². The third-order valence-corrected chi connectivity index (χ3v) is 4.14. The van der Waals surface area contributed by atoms with Crippen LogP contribution in [0.5, 0.6) is 0 Å². The van der Waals surface area contributed by atoms with Crippen LogP contribution >= 0.6 is 0 Å². The van der Waals surface area contributed by atoms with Crippen molar-refractivity contribution in [3.8, 4) is 0 Å². The zero-order valence-corrected chi connectivity index (χ0v) is 11.7. The van der Waals surface area contributed by atoms with Gasteiger partial charge < -0.3 is 5.32 Å². The first-order valence-corrected chi connectivity index (χ1v) is 7.57. The van der Waals surface area contributed by atoms with Gasteiger partial charge in [-0.2, -0.15) is 5.10 Å². The first-order valence-electron chi connectivity index (χ1n) is 7.57. The lowest BCUT2D eigenvalue weighted by molar-refractivity contribution is 0.0930. The zero-order valence-electron chi connectivity index (χ0n) is 11.7. The van der Waals surface area contributed by atoms with Crippen LogP contribution in [-0.2, 0) is 0 Å². The number of benzene rings is 1. The number of carbonyl (C=O) groups is 1. The van der Waals surface area contributed by atoms with Gasteiger partial charge in [-0.15, -0.1) is 0 Å². The van der Waals surface area contributed by atoms with Gasteiger partial charge in [0.2, 0.25) is 0 Å². The maximum absolute atomic E-state index is 12.3. The molecular formula is C16H21N3O. The molecule has 1 amide bonds. The van der Waals surface area contributed by atoms with E-state index in [1.807, 2.05) is 18.2 Å². The molecule has 1 saturated carbocycles. The second kappa shape index (κ2) is 6.07. The molecule has 0 bridgehead atoms. The number of nitrogens with zero attached hydrogens (tertiary/aromatic N) is 1. The molecule has 0 spiro atoms. The number of H-pyrrole nitrogens is 1. The van der Waals surface area contributed by atoms with Crippen molar-refractivity contribution in [2.24, 2.45) is 0 Å². The fourth-order valence-corrected chi connectivity index (χ4v) is 2.95. The van der Waals surface area contributed by atoms with Crippen molar-refractivity contribution in [1.29, 1.82) is 0 Å². The maximum Gasteiger partial charge on any atom is 0.251 e. The van der Waals surface area contributed by atoms with Crippen molar-refractivity contribution in [1.82, 2.24) is 15.5 Å². The Hall–Kier alpha value is -1.84. The molecule has 1 fully saturated rings. The average molecular weight is 271 g/mol. The molecule has 0 saturated heterocycles. The van der Waals surface area contributed by atoms with Crippen LogP contribution in [0.25, 0.3) is 10.9 Å². The average Bonchev–Trinajstić information content (AvgIpc) is 2.88. The Morgan fingerprint density at radius 3 is 2.70 bits per heavy atom. The second-order valence-electron chi connectivity index (χ2n) is 5.69. The number of rotatable bonds is 2. The van der Waals surface area contributed by atoms with E-state index in [0.717, 1.165) is 23.7 Å². The van der Waals surface area contributed by atoms with E-state index in [1.165, 1.54) is 32.1 Å². The molecule has 106 valence electrons. The molecule has 1 heterocycles. The summed E-state index contributed by atoms with van der Waals surface area (Å²) in [6.07, 6.45) is 10.4. The van der Waals surface area contributed by atoms with E-state index in [9.17, 15) is 4.79 Å². The highest BCUT2D eigenvalue weighted by atomic mass is 16.1. The summed E-state index contributed by atoms with van der Waals surface area (Å²) < 4.78 is 0. The van der Waals surface area contributed by atoms with Gasteiger partial charge in [0.05, 0.1) is 11.7 Å². The Morgan fingerprint density at radius 2 is 1.90 bits per heavy atom. The van der Waals surface area contributed by atoms with E-state index in [1.54, 1.807) is 6.20 Å². The van der Waals surface area contributed by atoms with Gasteiger partial charge in [-0.1, -0.05) is 38.2 Å². The van der Waals surface area contributed by atoms with E-state index in [0.29, 0.717) is 11.6 Å². The van der Waals surface area contributed by atoms with Gasteiger partial charge in [0, 0.05) is 17.0 Å². The van der Waals surface area contributed by atoms with Gasteiger partial charge in [0.15, 0.2) is 0 Å². The standard InChI is InChI=1S/C16H21N3O/c20-16(18-14-6-4-2-1-3-5-7-14)12-8-9-13-11-17-19-15(13)10-12/h8-11,14H,1-7H2,(H,17,19)(H,18,20). The van der Waals surface area contributed by atoms with Crippen LogP contribution in [-0.4, -0.2) is 22.1 Å². The highest BCUT2D eigenvalue weighted by molar-refractivity contribution is 5.97. The van der Waals surface area contributed by atoms with Gasteiger partial charge in [0.1, 0.15) is 0 Å². The molecule has 3 rings (SSSR count). The summed E-state index contributed by atoms with van der Waals surface area (Å²) in [5.74, 6) is 0.0343. The highest BCUT2D eigenvalue weighted by Gasteiger charge is 2.15. The van der Waals surface area contributed by atoms with E-state index >= 15 is 0 Å². The Bertz CT molecular complexity index is 582. The number of hydrogen-bond donors (Lipinski definition) is 2.